The van der Waals surface area contributed by atoms with Gasteiger partial charge in [0.1, 0.15) is 5.82 Å². The van der Waals surface area contributed by atoms with E-state index in [9.17, 15) is 4.39 Å². The molecule has 0 nitrogen and oxygen atoms in total. The van der Waals surface area contributed by atoms with Crippen LogP contribution in [-0.4, -0.2) is 0 Å². The van der Waals surface area contributed by atoms with E-state index in [1.807, 2.05) is 37.3 Å². The summed E-state index contributed by atoms with van der Waals surface area (Å²) in [7, 11) is 0. The maximum absolute atomic E-state index is 14.7. The predicted octanol–water partition coefficient (Wildman–Crippen LogP) is 6.72. The molecule has 0 fully saturated rings. The fourth-order valence-corrected chi connectivity index (χ4v) is 3.05. The molecule has 0 aliphatic heterocycles. The number of allylic oxidation sites excluding steroid dienone is 2. The highest BCUT2D eigenvalue weighted by atomic mass is 19.1. The zero-order valence-corrected chi connectivity index (χ0v) is 14.4. The minimum atomic E-state index is -0.0788. The average Bonchev–Trinajstić information content (AvgIpc) is 2.63. The van der Waals surface area contributed by atoms with Gasteiger partial charge in [-0.15, -0.1) is 0 Å². The van der Waals surface area contributed by atoms with Crippen LogP contribution in [0, 0.1) is 5.82 Å². The van der Waals surface area contributed by atoms with E-state index < -0.39 is 0 Å². The molecule has 0 saturated carbocycles. The van der Waals surface area contributed by atoms with E-state index in [1.54, 1.807) is 0 Å². The molecule has 3 rings (SSSR count). The fourth-order valence-electron chi connectivity index (χ4n) is 3.05. The van der Waals surface area contributed by atoms with Crippen molar-refractivity contribution in [2.24, 2.45) is 0 Å². The molecule has 3 aromatic carbocycles. The Hall–Kier alpha value is -2.41. The van der Waals surface area contributed by atoms with Gasteiger partial charge in [0.25, 0.3) is 0 Å². The highest BCUT2D eigenvalue weighted by Crippen LogP contribution is 2.28. The summed E-state index contributed by atoms with van der Waals surface area (Å²) in [5.41, 5.74) is 4.43. The van der Waals surface area contributed by atoms with Gasteiger partial charge in [-0.05, 0) is 59.9 Å². The van der Waals surface area contributed by atoms with E-state index in [-0.39, 0.29) is 5.82 Å². The molecule has 3 aromatic rings. The van der Waals surface area contributed by atoms with E-state index in [0.29, 0.717) is 5.39 Å². The first kappa shape index (κ1) is 16.4. The largest absolute Gasteiger partial charge is 0.206 e. The Balaban J connectivity index is 1.95. The number of aryl methyl sites for hydroxylation is 2. The first-order valence-corrected chi connectivity index (χ1v) is 8.64. The summed E-state index contributed by atoms with van der Waals surface area (Å²) in [6.45, 7) is 4.15. The monoisotopic (exact) mass is 318 g/mol. The Morgan fingerprint density at radius 2 is 1.67 bits per heavy atom. The molecule has 0 heterocycles. The highest BCUT2D eigenvalue weighted by molar-refractivity contribution is 5.88. The van der Waals surface area contributed by atoms with Gasteiger partial charge < -0.3 is 0 Å². The molecule has 0 N–H and O–H groups in total. The van der Waals surface area contributed by atoms with E-state index in [2.05, 4.69) is 43.3 Å². The lowest BCUT2D eigenvalue weighted by Crippen LogP contribution is -1.92. The van der Waals surface area contributed by atoms with Crippen molar-refractivity contribution in [3.63, 3.8) is 0 Å². The van der Waals surface area contributed by atoms with Crippen molar-refractivity contribution in [2.45, 2.75) is 33.1 Å². The summed E-state index contributed by atoms with van der Waals surface area (Å²) >= 11 is 0. The zero-order valence-electron chi connectivity index (χ0n) is 14.4. The molecule has 0 radical (unpaired) electrons. The second-order valence-electron chi connectivity index (χ2n) is 6.13. The van der Waals surface area contributed by atoms with Crippen molar-refractivity contribution < 1.29 is 4.39 Å². The molecular formula is C23H23F. The van der Waals surface area contributed by atoms with Crippen LogP contribution in [0.25, 0.3) is 21.9 Å². The summed E-state index contributed by atoms with van der Waals surface area (Å²) < 4.78 is 14.7. The van der Waals surface area contributed by atoms with Gasteiger partial charge >= 0.3 is 0 Å². The molecule has 0 bridgehead atoms. The van der Waals surface area contributed by atoms with E-state index in [4.69, 9.17) is 0 Å². The van der Waals surface area contributed by atoms with Crippen LogP contribution < -0.4 is 0 Å². The molecule has 0 aromatic heterocycles. The SMILES string of the molecule is C/C=C/CCc1ccc2cc(-c3ccc(CC)cc3)ccc2c1F. The van der Waals surface area contributed by atoms with Gasteiger partial charge in [0.15, 0.2) is 0 Å². The van der Waals surface area contributed by atoms with Crippen molar-refractivity contribution in [2.75, 3.05) is 0 Å². The van der Waals surface area contributed by atoms with Crippen molar-refractivity contribution >= 4 is 10.8 Å². The van der Waals surface area contributed by atoms with Crippen LogP contribution in [0.3, 0.4) is 0 Å². The van der Waals surface area contributed by atoms with Gasteiger partial charge in [0, 0.05) is 5.39 Å². The number of hydrogen-bond acceptors (Lipinski definition) is 0. The Bertz CT molecular complexity index is 857. The van der Waals surface area contributed by atoms with Crippen LogP contribution in [0.1, 0.15) is 31.4 Å². The Kier molecular flexibility index (Phi) is 5.10. The Labute approximate surface area is 143 Å². The summed E-state index contributed by atoms with van der Waals surface area (Å²) in [4.78, 5) is 0. The number of rotatable bonds is 5. The van der Waals surface area contributed by atoms with Crippen molar-refractivity contribution in [3.05, 3.63) is 83.7 Å². The minimum Gasteiger partial charge on any atom is -0.206 e. The van der Waals surface area contributed by atoms with Gasteiger partial charge in [-0.1, -0.05) is 67.6 Å². The lowest BCUT2D eigenvalue weighted by molar-refractivity contribution is 0.621. The molecule has 0 amide bonds. The lowest BCUT2D eigenvalue weighted by atomic mass is 9.97. The molecule has 0 unspecified atom stereocenters. The van der Waals surface area contributed by atoms with Crippen LogP contribution in [0.5, 0.6) is 0 Å². The maximum atomic E-state index is 14.7. The quantitative estimate of drug-likeness (QED) is 0.458. The van der Waals surface area contributed by atoms with E-state index in [1.165, 1.54) is 11.1 Å². The molecule has 0 saturated heterocycles. The minimum absolute atomic E-state index is 0.0788. The fraction of sp³-hybridized carbons (Fsp3) is 0.217. The molecule has 0 aliphatic carbocycles. The molecule has 24 heavy (non-hydrogen) atoms. The molecule has 0 atom stereocenters. The third kappa shape index (κ3) is 3.41. The lowest BCUT2D eigenvalue weighted by Gasteiger charge is -2.09. The molecule has 122 valence electrons. The number of hydrogen-bond donors (Lipinski definition) is 0. The van der Waals surface area contributed by atoms with Gasteiger partial charge in [-0.2, -0.15) is 0 Å². The number of halogens is 1. The number of benzene rings is 3. The molecule has 0 aliphatic rings. The summed E-state index contributed by atoms with van der Waals surface area (Å²) in [6.07, 6.45) is 6.74. The number of fused-ring (bicyclic) bond motifs is 1. The van der Waals surface area contributed by atoms with Crippen molar-refractivity contribution in [3.8, 4) is 11.1 Å². The summed E-state index contributed by atoms with van der Waals surface area (Å²) in [6, 6.07) is 18.6. The zero-order chi connectivity index (χ0) is 16.9. The van der Waals surface area contributed by atoms with E-state index in [0.717, 1.165) is 35.8 Å². The van der Waals surface area contributed by atoms with E-state index >= 15 is 0 Å². The second-order valence-corrected chi connectivity index (χ2v) is 6.13. The van der Waals surface area contributed by atoms with Crippen LogP contribution >= 0.6 is 0 Å². The van der Waals surface area contributed by atoms with Gasteiger partial charge in [0.05, 0.1) is 0 Å². The average molecular weight is 318 g/mol. The topological polar surface area (TPSA) is 0 Å². The molecular weight excluding hydrogens is 295 g/mol. The Morgan fingerprint density at radius 1 is 0.917 bits per heavy atom. The van der Waals surface area contributed by atoms with Crippen molar-refractivity contribution in [1.82, 2.24) is 0 Å². The summed E-state index contributed by atoms with van der Waals surface area (Å²) in [5, 5.41) is 1.67. The van der Waals surface area contributed by atoms with Crippen LogP contribution in [-0.2, 0) is 12.8 Å². The highest BCUT2D eigenvalue weighted by Gasteiger charge is 2.08. The first-order valence-electron chi connectivity index (χ1n) is 8.64. The standard InChI is InChI=1S/C23H23F/c1-3-5-6-7-19-12-13-21-16-20(14-15-22(21)23(19)24)18-10-8-17(4-2)9-11-18/h3,5,8-16H,4,6-7H2,1-2H3/b5-3+. The maximum Gasteiger partial charge on any atom is 0.134 e. The molecule has 1 heteroatoms. The van der Waals surface area contributed by atoms with Gasteiger partial charge in [-0.3, -0.25) is 0 Å². The molecule has 0 spiro atoms. The van der Waals surface area contributed by atoms with Gasteiger partial charge in [-0.25, -0.2) is 4.39 Å². The smallest absolute Gasteiger partial charge is 0.134 e. The Morgan fingerprint density at radius 3 is 2.38 bits per heavy atom. The summed E-state index contributed by atoms with van der Waals surface area (Å²) in [5.74, 6) is -0.0788. The van der Waals surface area contributed by atoms with Crippen molar-refractivity contribution in [1.29, 1.82) is 0 Å². The van der Waals surface area contributed by atoms with Gasteiger partial charge in [0.2, 0.25) is 0 Å². The predicted molar refractivity (Wildman–Crippen MR) is 102 cm³/mol. The third-order valence-corrected chi connectivity index (χ3v) is 4.55. The second kappa shape index (κ2) is 7.44. The normalized spacial score (nSPS) is 11.5. The third-order valence-electron chi connectivity index (χ3n) is 4.55. The van der Waals surface area contributed by atoms with Crippen LogP contribution in [0.2, 0.25) is 0 Å². The van der Waals surface area contributed by atoms with Crippen LogP contribution in [0.4, 0.5) is 4.39 Å². The van der Waals surface area contributed by atoms with Crippen LogP contribution in [0.15, 0.2) is 66.7 Å². The first-order chi connectivity index (χ1) is 11.7.